The van der Waals surface area contributed by atoms with E-state index in [2.05, 4.69) is 0 Å². The maximum atomic E-state index is 12.2. The Labute approximate surface area is 120 Å². The number of carbonyl (C=O) groups is 1. The van der Waals surface area contributed by atoms with Gasteiger partial charge in [0.2, 0.25) is 0 Å². The van der Waals surface area contributed by atoms with E-state index in [-0.39, 0.29) is 23.1 Å². The molecule has 0 aliphatic heterocycles. The molecular formula is C11H7Cl2F3O2S. The van der Waals surface area contributed by atoms with Gasteiger partial charge in [-0.15, -0.1) is 0 Å². The van der Waals surface area contributed by atoms with E-state index in [0.717, 1.165) is 0 Å². The van der Waals surface area contributed by atoms with E-state index < -0.39 is 21.2 Å². The van der Waals surface area contributed by atoms with Crippen LogP contribution in [0.25, 0.3) is 0 Å². The summed E-state index contributed by atoms with van der Waals surface area (Å²) in [5.41, 5.74) is -5.51. The van der Waals surface area contributed by atoms with Crippen LogP contribution >= 0.6 is 35.0 Å². The Bertz CT molecular complexity index is 516. The summed E-state index contributed by atoms with van der Waals surface area (Å²) in [5, 5.41) is 9.19. The van der Waals surface area contributed by atoms with Crippen molar-refractivity contribution in [2.75, 3.05) is 0 Å². The smallest absolute Gasteiger partial charge is 0.446 e. The minimum Gasteiger partial charge on any atom is -0.480 e. The lowest BCUT2D eigenvalue weighted by atomic mass is 9.96. The number of benzene rings is 1. The first kappa shape index (κ1) is 14.8. The van der Waals surface area contributed by atoms with Crippen molar-refractivity contribution in [3.8, 4) is 0 Å². The molecule has 1 aliphatic carbocycles. The first-order valence-electron chi connectivity index (χ1n) is 5.06. The monoisotopic (exact) mass is 330 g/mol. The van der Waals surface area contributed by atoms with E-state index in [1.807, 2.05) is 0 Å². The number of halogens is 5. The molecule has 1 aromatic rings. The highest BCUT2D eigenvalue weighted by Gasteiger charge is 2.72. The third-order valence-corrected chi connectivity index (χ3v) is 4.58. The van der Waals surface area contributed by atoms with Crippen molar-refractivity contribution in [1.29, 1.82) is 0 Å². The molecule has 0 amide bonds. The van der Waals surface area contributed by atoms with Gasteiger partial charge in [0.25, 0.3) is 0 Å². The molecule has 8 heteroatoms. The van der Waals surface area contributed by atoms with E-state index in [1.165, 1.54) is 24.3 Å². The van der Waals surface area contributed by atoms with Crippen molar-refractivity contribution in [1.82, 2.24) is 0 Å². The Kier molecular flexibility index (Phi) is 3.48. The van der Waals surface area contributed by atoms with Gasteiger partial charge in [-0.05, 0) is 29.5 Å². The molecule has 0 heterocycles. The van der Waals surface area contributed by atoms with Crippen LogP contribution in [0.1, 0.15) is 12.0 Å². The third kappa shape index (κ3) is 2.66. The lowest BCUT2D eigenvalue weighted by molar-refractivity contribution is -0.140. The summed E-state index contributed by atoms with van der Waals surface area (Å²) in [6.45, 7) is 0. The zero-order chi connectivity index (χ0) is 14.5. The highest BCUT2D eigenvalue weighted by Crippen LogP contribution is 2.65. The van der Waals surface area contributed by atoms with Crippen LogP contribution in [0.3, 0.4) is 0 Å². The van der Waals surface area contributed by atoms with Crippen molar-refractivity contribution >= 4 is 40.9 Å². The molecule has 1 fully saturated rings. The predicted molar refractivity (Wildman–Crippen MR) is 66.7 cm³/mol. The molecule has 2 nitrogen and oxygen atoms in total. The van der Waals surface area contributed by atoms with Crippen molar-refractivity contribution in [3.63, 3.8) is 0 Å². The van der Waals surface area contributed by atoms with Crippen LogP contribution in [-0.2, 0) is 10.2 Å². The van der Waals surface area contributed by atoms with Crippen LogP contribution < -0.4 is 0 Å². The van der Waals surface area contributed by atoms with Gasteiger partial charge in [0.15, 0.2) is 0 Å². The molecule has 1 atom stereocenters. The highest BCUT2D eigenvalue weighted by molar-refractivity contribution is 8.00. The molecule has 1 aromatic carbocycles. The van der Waals surface area contributed by atoms with Crippen LogP contribution in [-0.4, -0.2) is 20.9 Å². The van der Waals surface area contributed by atoms with Gasteiger partial charge in [-0.2, -0.15) is 13.2 Å². The van der Waals surface area contributed by atoms with Gasteiger partial charge < -0.3 is 5.11 Å². The second-order valence-electron chi connectivity index (χ2n) is 4.16. The first-order chi connectivity index (χ1) is 8.58. The Morgan fingerprint density at radius 1 is 1.26 bits per heavy atom. The van der Waals surface area contributed by atoms with E-state index in [4.69, 9.17) is 23.2 Å². The van der Waals surface area contributed by atoms with Gasteiger partial charge in [-0.25, -0.2) is 0 Å². The predicted octanol–water partition coefficient (Wildman–Crippen LogP) is 4.20. The number of rotatable bonds is 3. The number of alkyl halides is 5. The summed E-state index contributed by atoms with van der Waals surface area (Å²) < 4.78 is 35.1. The van der Waals surface area contributed by atoms with Gasteiger partial charge in [0, 0.05) is 11.3 Å². The van der Waals surface area contributed by atoms with Crippen molar-refractivity contribution < 1.29 is 23.1 Å². The fraction of sp³-hybridized carbons (Fsp3) is 0.364. The average Bonchev–Trinajstić information content (AvgIpc) is 2.82. The molecule has 2 rings (SSSR count). The van der Waals surface area contributed by atoms with Crippen molar-refractivity contribution in [2.45, 2.75) is 26.6 Å². The normalized spacial score (nSPS) is 25.1. The molecule has 104 valence electrons. The van der Waals surface area contributed by atoms with Gasteiger partial charge >= 0.3 is 11.5 Å². The van der Waals surface area contributed by atoms with Crippen LogP contribution in [0, 0.1) is 0 Å². The quantitative estimate of drug-likeness (QED) is 0.666. The maximum absolute atomic E-state index is 12.2. The van der Waals surface area contributed by atoms with Gasteiger partial charge in [-0.1, -0.05) is 35.3 Å². The molecule has 0 aromatic heterocycles. The zero-order valence-corrected chi connectivity index (χ0v) is 11.5. The second-order valence-corrected chi connectivity index (χ2v) is 6.79. The van der Waals surface area contributed by atoms with Crippen LogP contribution in [0.15, 0.2) is 29.2 Å². The number of carboxylic acid groups (broad SMARTS) is 1. The molecule has 1 saturated carbocycles. The standard InChI is InChI=1S/C11H7Cl2F3O2S/c12-10(13)5-9(10,8(17)18)6-1-3-7(4-2-6)19-11(14,15)16/h1-4H,5H2,(H,17,18). The zero-order valence-electron chi connectivity index (χ0n) is 9.17. The van der Waals surface area contributed by atoms with Crippen molar-refractivity contribution in [2.24, 2.45) is 0 Å². The molecule has 0 bridgehead atoms. The van der Waals surface area contributed by atoms with Crippen LogP contribution in [0.4, 0.5) is 13.2 Å². The summed E-state index contributed by atoms with van der Waals surface area (Å²) in [7, 11) is 0. The highest BCUT2D eigenvalue weighted by atomic mass is 35.5. The summed E-state index contributed by atoms with van der Waals surface area (Å²) in [6.07, 6.45) is 0.0319. The summed E-state index contributed by atoms with van der Waals surface area (Å²) in [5.74, 6) is -1.19. The second kappa shape index (κ2) is 4.46. The molecule has 0 spiro atoms. The van der Waals surface area contributed by atoms with Crippen LogP contribution in [0.5, 0.6) is 0 Å². The lowest BCUT2D eigenvalue weighted by Crippen LogP contribution is -2.26. The van der Waals surface area contributed by atoms with E-state index in [1.54, 1.807) is 0 Å². The van der Waals surface area contributed by atoms with Gasteiger partial charge in [0.05, 0.1) is 0 Å². The number of hydrogen-bond donors (Lipinski definition) is 1. The number of thioether (sulfide) groups is 1. The Hall–Kier alpha value is -0.590. The molecule has 1 N–H and O–H groups in total. The van der Waals surface area contributed by atoms with E-state index in [9.17, 15) is 23.1 Å². The molecule has 1 aliphatic rings. The molecule has 0 radical (unpaired) electrons. The first-order valence-corrected chi connectivity index (χ1v) is 6.63. The Morgan fingerprint density at radius 3 is 2.05 bits per heavy atom. The molecule has 19 heavy (non-hydrogen) atoms. The number of aliphatic carboxylic acids is 1. The van der Waals surface area contributed by atoms with Crippen LogP contribution in [0.2, 0.25) is 0 Å². The minimum atomic E-state index is -4.38. The SMILES string of the molecule is O=C(O)C1(c2ccc(SC(F)(F)F)cc2)CC1(Cl)Cl. The Balaban J connectivity index is 2.27. The largest absolute Gasteiger partial charge is 0.480 e. The minimum absolute atomic E-state index is 0.0211. The third-order valence-electron chi connectivity index (χ3n) is 2.93. The summed E-state index contributed by atoms with van der Waals surface area (Å²) in [6, 6.07) is 5.05. The number of carboxylic acids is 1. The van der Waals surface area contributed by atoms with Gasteiger partial charge in [-0.3, -0.25) is 4.79 Å². The molecule has 0 saturated heterocycles. The van der Waals surface area contributed by atoms with Crippen molar-refractivity contribution in [3.05, 3.63) is 29.8 Å². The number of hydrogen-bond acceptors (Lipinski definition) is 2. The maximum Gasteiger partial charge on any atom is 0.446 e. The lowest BCUT2D eigenvalue weighted by Gasteiger charge is -2.14. The molecule has 1 unspecified atom stereocenters. The van der Waals surface area contributed by atoms with E-state index in [0.29, 0.717) is 5.56 Å². The van der Waals surface area contributed by atoms with Gasteiger partial charge in [0.1, 0.15) is 9.75 Å². The average molecular weight is 331 g/mol. The van der Waals surface area contributed by atoms with E-state index >= 15 is 0 Å². The fourth-order valence-corrected chi connectivity index (χ4v) is 3.22. The summed E-state index contributed by atoms with van der Waals surface area (Å²) >= 11 is 11.4. The summed E-state index contributed by atoms with van der Waals surface area (Å²) in [4.78, 5) is 11.2. The fourth-order valence-electron chi connectivity index (χ4n) is 1.90. The molecular weight excluding hydrogens is 324 g/mol. The topological polar surface area (TPSA) is 37.3 Å². The Morgan fingerprint density at radius 2 is 1.74 bits per heavy atom.